The van der Waals surface area contributed by atoms with Crippen molar-refractivity contribution in [1.29, 1.82) is 0 Å². The van der Waals surface area contributed by atoms with Gasteiger partial charge in [0.25, 0.3) is 0 Å². The first-order valence-corrected chi connectivity index (χ1v) is 10.3. The average molecular weight is 405 g/mol. The number of aromatic nitrogens is 2. The smallest absolute Gasteiger partial charge is 0.169 e. The lowest BCUT2D eigenvalue weighted by atomic mass is 9.90. The lowest BCUT2D eigenvalue weighted by Gasteiger charge is -2.52. The van der Waals surface area contributed by atoms with Crippen LogP contribution < -0.4 is 10.6 Å². The number of hydrogen-bond acceptors (Lipinski definition) is 7. The summed E-state index contributed by atoms with van der Waals surface area (Å²) in [4.78, 5) is 8.90. The third kappa shape index (κ3) is 3.75. The maximum absolute atomic E-state index is 10.2. The molecular formula is C23H28N6O. The molecule has 2 aliphatic heterocycles. The number of aliphatic imine (C=N–C) groups is 1. The van der Waals surface area contributed by atoms with E-state index in [1.54, 1.807) is 19.2 Å². The minimum absolute atomic E-state index is 0.183. The van der Waals surface area contributed by atoms with Crippen LogP contribution >= 0.6 is 0 Å². The number of aromatic hydroxyl groups is 1. The number of fused-ring (bicyclic) bond motifs is 2. The Labute approximate surface area is 177 Å². The summed E-state index contributed by atoms with van der Waals surface area (Å²) < 4.78 is 0. The topological polar surface area (TPSA) is 90.9 Å². The van der Waals surface area contributed by atoms with E-state index in [-0.39, 0.29) is 5.75 Å². The van der Waals surface area contributed by atoms with Crippen LogP contribution in [0.3, 0.4) is 0 Å². The molecule has 0 radical (unpaired) electrons. The van der Waals surface area contributed by atoms with Crippen molar-refractivity contribution in [3.8, 4) is 17.0 Å². The number of anilines is 2. The summed E-state index contributed by atoms with van der Waals surface area (Å²) in [5, 5.41) is 18.6. The van der Waals surface area contributed by atoms with Crippen LogP contribution in [0.15, 0.2) is 59.8 Å². The van der Waals surface area contributed by atoms with Gasteiger partial charge in [-0.15, -0.1) is 10.2 Å². The van der Waals surface area contributed by atoms with E-state index in [1.165, 1.54) is 6.42 Å². The number of para-hydroxylation sites is 1. The number of allylic oxidation sites excluding steroid dienone is 2. The van der Waals surface area contributed by atoms with Gasteiger partial charge in [-0.1, -0.05) is 18.7 Å². The summed E-state index contributed by atoms with van der Waals surface area (Å²) in [6, 6.07) is 9.83. The van der Waals surface area contributed by atoms with Gasteiger partial charge in [-0.05, 0) is 49.6 Å². The van der Waals surface area contributed by atoms with Gasteiger partial charge in [0.1, 0.15) is 5.75 Å². The molecule has 2 saturated heterocycles. The van der Waals surface area contributed by atoms with E-state index in [1.807, 2.05) is 36.6 Å². The molecule has 4 rings (SSSR count). The van der Waals surface area contributed by atoms with Crippen molar-refractivity contribution in [2.24, 2.45) is 4.99 Å². The predicted octanol–water partition coefficient (Wildman–Crippen LogP) is 3.25. The normalized spacial score (nSPS) is 21.8. The third-order valence-corrected chi connectivity index (χ3v) is 5.95. The molecule has 0 amide bonds. The first-order valence-electron chi connectivity index (χ1n) is 10.3. The Kier molecular flexibility index (Phi) is 5.70. The Morgan fingerprint density at radius 1 is 1.23 bits per heavy atom. The molecule has 2 fully saturated rings. The summed E-state index contributed by atoms with van der Waals surface area (Å²) in [5.41, 5.74) is 9.50. The minimum atomic E-state index is 0.183. The van der Waals surface area contributed by atoms with Gasteiger partial charge < -0.3 is 20.6 Å². The number of nitrogen functional groups attached to an aromatic ring is 1. The van der Waals surface area contributed by atoms with Gasteiger partial charge in [0.15, 0.2) is 5.82 Å². The zero-order valence-corrected chi connectivity index (χ0v) is 17.3. The number of nitrogens with two attached hydrogens (primary N) is 1. The first kappa shape index (κ1) is 19.9. The van der Waals surface area contributed by atoms with Crippen molar-refractivity contribution in [2.45, 2.75) is 31.3 Å². The summed E-state index contributed by atoms with van der Waals surface area (Å²) in [6.07, 6.45) is 9.23. The van der Waals surface area contributed by atoms with Gasteiger partial charge in [0.2, 0.25) is 0 Å². The van der Waals surface area contributed by atoms with Crippen LogP contribution in [0.2, 0.25) is 0 Å². The summed E-state index contributed by atoms with van der Waals surface area (Å²) >= 11 is 0. The predicted molar refractivity (Wildman–Crippen MR) is 122 cm³/mol. The molecule has 2 unspecified atom stereocenters. The molecule has 3 heterocycles. The number of nitrogens with zero attached hydrogens (tertiary/aromatic N) is 5. The Hall–Kier alpha value is -3.35. The second-order valence-corrected chi connectivity index (χ2v) is 7.77. The Morgan fingerprint density at radius 3 is 2.63 bits per heavy atom. The molecule has 156 valence electrons. The lowest BCUT2D eigenvalue weighted by molar-refractivity contribution is 0.108. The minimum Gasteiger partial charge on any atom is -0.507 e. The lowest BCUT2D eigenvalue weighted by Crippen LogP contribution is -2.60. The average Bonchev–Trinajstić information content (AvgIpc) is 2.75. The van der Waals surface area contributed by atoms with E-state index in [4.69, 9.17) is 5.73 Å². The summed E-state index contributed by atoms with van der Waals surface area (Å²) in [7, 11) is 1.78. The zero-order valence-electron chi connectivity index (χ0n) is 17.3. The molecule has 2 atom stereocenters. The largest absolute Gasteiger partial charge is 0.507 e. The molecule has 0 saturated carbocycles. The van der Waals surface area contributed by atoms with Crippen LogP contribution in [0.4, 0.5) is 11.5 Å². The number of piperidine rings is 1. The molecule has 30 heavy (non-hydrogen) atoms. The van der Waals surface area contributed by atoms with Crippen LogP contribution in [0.1, 0.15) is 19.3 Å². The van der Waals surface area contributed by atoms with E-state index in [2.05, 4.69) is 31.6 Å². The molecule has 7 heteroatoms. The highest BCUT2D eigenvalue weighted by molar-refractivity contribution is 5.74. The highest BCUT2D eigenvalue weighted by Crippen LogP contribution is 2.37. The van der Waals surface area contributed by atoms with Gasteiger partial charge in [0, 0.05) is 49.7 Å². The SMILES string of the molecule is C=C/C(=C\C=NC)N1C2CCCC1CN(c1cc(-c3ccccc3O)nnc1N)C2. The fourth-order valence-corrected chi connectivity index (χ4v) is 4.60. The fourth-order valence-electron chi connectivity index (χ4n) is 4.60. The van der Waals surface area contributed by atoms with E-state index < -0.39 is 0 Å². The van der Waals surface area contributed by atoms with Crippen LogP contribution in [-0.4, -0.2) is 58.6 Å². The van der Waals surface area contributed by atoms with E-state index in [0.717, 1.165) is 37.3 Å². The molecule has 2 aliphatic rings. The quantitative estimate of drug-likeness (QED) is 0.587. The van der Waals surface area contributed by atoms with Crippen molar-refractivity contribution < 1.29 is 5.11 Å². The van der Waals surface area contributed by atoms with Gasteiger partial charge in [-0.2, -0.15) is 0 Å². The maximum atomic E-state index is 10.2. The Balaban J connectivity index is 1.65. The van der Waals surface area contributed by atoms with E-state index in [9.17, 15) is 5.11 Å². The van der Waals surface area contributed by atoms with Gasteiger partial charge >= 0.3 is 0 Å². The highest BCUT2D eigenvalue weighted by Gasteiger charge is 2.38. The number of phenolic OH excluding ortho intramolecular Hbond substituents is 1. The third-order valence-electron chi connectivity index (χ3n) is 5.95. The second kappa shape index (κ2) is 8.57. The molecular weight excluding hydrogens is 376 g/mol. The van der Waals surface area contributed by atoms with E-state index in [0.29, 0.717) is 29.2 Å². The van der Waals surface area contributed by atoms with Crippen LogP contribution in [0.25, 0.3) is 11.3 Å². The van der Waals surface area contributed by atoms with Gasteiger partial charge in [0.05, 0.1) is 11.4 Å². The molecule has 7 nitrogen and oxygen atoms in total. The number of rotatable bonds is 5. The number of benzene rings is 1. The zero-order chi connectivity index (χ0) is 21.1. The van der Waals surface area contributed by atoms with Crippen LogP contribution in [-0.2, 0) is 0 Å². The monoisotopic (exact) mass is 404 g/mol. The molecule has 1 aromatic carbocycles. The maximum Gasteiger partial charge on any atom is 0.169 e. The van der Waals surface area contributed by atoms with Gasteiger partial charge in [-0.3, -0.25) is 4.99 Å². The molecule has 0 spiro atoms. The standard InChI is InChI=1S/C23H28N6O/c1-3-16(11-12-25-2)29-17-7-6-8-18(29)15-28(14-17)21-13-20(26-27-23(21)24)19-9-4-5-10-22(19)30/h3-5,9-13,17-18,30H,1,6-8,14-15H2,2H3,(H2,24,27)/b16-11+,25-12?. The van der Waals surface area contributed by atoms with Crippen molar-refractivity contribution in [3.05, 3.63) is 54.8 Å². The van der Waals surface area contributed by atoms with Crippen molar-refractivity contribution >= 4 is 17.7 Å². The van der Waals surface area contributed by atoms with Crippen molar-refractivity contribution in [3.63, 3.8) is 0 Å². The number of piperazine rings is 1. The van der Waals surface area contributed by atoms with Gasteiger partial charge in [-0.25, -0.2) is 0 Å². The van der Waals surface area contributed by atoms with Crippen molar-refractivity contribution in [1.82, 2.24) is 15.1 Å². The Bertz CT molecular complexity index is 971. The molecule has 2 aromatic rings. The van der Waals surface area contributed by atoms with E-state index >= 15 is 0 Å². The molecule has 1 aromatic heterocycles. The number of hydrogen-bond donors (Lipinski definition) is 2. The Morgan fingerprint density at radius 2 is 1.97 bits per heavy atom. The van der Waals surface area contributed by atoms with Crippen molar-refractivity contribution in [2.75, 3.05) is 30.8 Å². The van der Waals surface area contributed by atoms with Crippen LogP contribution in [0, 0.1) is 0 Å². The fraction of sp³-hybridized carbons (Fsp3) is 0.348. The first-order chi connectivity index (χ1) is 14.6. The molecule has 3 N–H and O–H groups in total. The highest BCUT2D eigenvalue weighted by atomic mass is 16.3. The molecule has 2 bridgehead atoms. The number of phenols is 1. The summed E-state index contributed by atoms with van der Waals surface area (Å²) in [6.45, 7) is 5.71. The molecule has 0 aliphatic carbocycles. The second-order valence-electron chi connectivity index (χ2n) is 7.77. The summed E-state index contributed by atoms with van der Waals surface area (Å²) in [5.74, 6) is 0.598. The van der Waals surface area contributed by atoms with Crippen LogP contribution in [0.5, 0.6) is 5.75 Å².